The molecular weight excluding hydrogens is 502 g/mol. The van der Waals surface area contributed by atoms with Crippen LogP contribution < -0.4 is 9.84 Å². The maximum absolute atomic E-state index is 13.2. The molecule has 10 heteroatoms. The zero-order chi connectivity index (χ0) is 25.1. The van der Waals surface area contributed by atoms with Gasteiger partial charge in [-0.1, -0.05) is 67.4 Å². The highest BCUT2D eigenvalue weighted by molar-refractivity contribution is 6.49. The van der Waals surface area contributed by atoms with Crippen LogP contribution >= 0.6 is 34.8 Å². The number of halogens is 6. The van der Waals surface area contributed by atoms with E-state index in [1.165, 1.54) is 19.9 Å². The SMILES string of the molecule is CC(C)(C(Cl)CC(Cl)(Cl)C(F)(F)F)C(C#N)(Cc1cccc(Oc2ccccc2)c1)C(=O)[O-]. The molecule has 0 aliphatic rings. The van der Waals surface area contributed by atoms with E-state index in [0.717, 1.165) is 0 Å². The van der Waals surface area contributed by atoms with Crippen molar-refractivity contribution in [2.45, 2.75) is 42.6 Å². The molecule has 0 saturated heterocycles. The summed E-state index contributed by atoms with van der Waals surface area (Å²) in [6, 6.07) is 16.9. The van der Waals surface area contributed by atoms with Crippen molar-refractivity contribution in [1.82, 2.24) is 0 Å². The van der Waals surface area contributed by atoms with Gasteiger partial charge in [-0.15, -0.1) is 11.6 Å². The molecule has 0 heterocycles. The van der Waals surface area contributed by atoms with E-state index in [4.69, 9.17) is 39.5 Å². The topological polar surface area (TPSA) is 73.1 Å². The molecular formula is C23H20Cl3F3NO3-. The second-order valence-electron chi connectivity index (χ2n) is 8.14. The van der Waals surface area contributed by atoms with Gasteiger partial charge in [0.25, 0.3) is 0 Å². The van der Waals surface area contributed by atoms with Crippen LogP contribution in [0.5, 0.6) is 11.5 Å². The zero-order valence-corrected chi connectivity index (χ0v) is 19.9. The van der Waals surface area contributed by atoms with Crippen molar-refractivity contribution in [2.24, 2.45) is 10.8 Å². The monoisotopic (exact) mass is 520 g/mol. The molecule has 33 heavy (non-hydrogen) atoms. The minimum Gasteiger partial charge on any atom is -0.548 e. The number of carboxylic acids is 1. The Bertz CT molecular complexity index is 1020. The number of hydrogen-bond donors (Lipinski definition) is 0. The number of rotatable bonds is 9. The lowest BCUT2D eigenvalue weighted by molar-refractivity contribution is -0.321. The van der Waals surface area contributed by atoms with Crippen LogP contribution in [0.25, 0.3) is 0 Å². The van der Waals surface area contributed by atoms with Crippen LogP contribution in [0.3, 0.4) is 0 Å². The lowest BCUT2D eigenvalue weighted by Crippen LogP contribution is -2.56. The Labute approximate surface area is 204 Å². The van der Waals surface area contributed by atoms with Crippen LogP contribution in [0.1, 0.15) is 25.8 Å². The van der Waals surface area contributed by atoms with E-state index in [1.807, 2.05) is 6.07 Å². The lowest BCUT2D eigenvalue weighted by Gasteiger charge is -2.46. The molecule has 4 nitrogen and oxygen atoms in total. The van der Waals surface area contributed by atoms with Crippen LogP contribution in [0.15, 0.2) is 54.6 Å². The van der Waals surface area contributed by atoms with Crippen molar-refractivity contribution >= 4 is 40.8 Å². The lowest BCUT2D eigenvalue weighted by atomic mass is 9.61. The van der Waals surface area contributed by atoms with Gasteiger partial charge >= 0.3 is 6.18 Å². The van der Waals surface area contributed by atoms with Crippen LogP contribution in [-0.4, -0.2) is 21.9 Å². The molecule has 0 aliphatic heterocycles. The van der Waals surface area contributed by atoms with E-state index in [0.29, 0.717) is 17.1 Å². The highest BCUT2D eigenvalue weighted by Gasteiger charge is 2.58. The third-order valence-corrected chi connectivity index (χ3v) is 7.06. The number of nitriles is 1. The first-order chi connectivity index (χ1) is 15.2. The van der Waals surface area contributed by atoms with Crippen LogP contribution in [0.4, 0.5) is 13.2 Å². The second kappa shape index (κ2) is 10.0. The van der Waals surface area contributed by atoms with Crippen LogP contribution in [-0.2, 0) is 11.2 Å². The van der Waals surface area contributed by atoms with Crippen molar-refractivity contribution in [3.63, 3.8) is 0 Å². The van der Waals surface area contributed by atoms with Gasteiger partial charge in [0, 0.05) is 17.2 Å². The third kappa shape index (κ3) is 5.87. The number of carboxylic acid groups (broad SMARTS) is 1. The summed E-state index contributed by atoms with van der Waals surface area (Å²) in [5.41, 5.74) is -3.66. The fourth-order valence-corrected chi connectivity index (χ4v) is 4.19. The first kappa shape index (κ1) is 27.1. The summed E-state index contributed by atoms with van der Waals surface area (Å²) in [4.78, 5) is 12.2. The second-order valence-corrected chi connectivity index (χ2v) is 10.2. The molecule has 2 unspecified atom stereocenters. The maximum atomic E-state index is 13.2. The molecule has 0 saturated carbocycles. The molecule has 2 aromatic rings. The van der Waals surface area contributed by atoms with E-state index in [2.05, 4.69) is 0 Å². The van der Waals surface area contributed by atoms with Gasteiger partial charge in [-0.3, -0.25) is 0 Å². The van der Waals surface area contributed by atoms with Gasteiger partial charge in [-0.25, -0.2) is 0 Å². The van der Waals surface area contributed by atoms with Crippen molar-refractivity contribution in [1.29, 1.82) is 5.26 Å². The minimum atomic E-state index is -5.01. The number of aliphatic carboxylic acids is 1. The largest absolute Gasteiger partial charge is 0.548 e. The quantitative estimate of drug-likeness (QED) is 0.377. The van der Waals surface area contributed by atoms with Gasteiger partial charge in [-0.05, 0) is 36.2 Å². The average Bonchev–Trinajstić information content (AvgIpc) is 2.71. The minimum absolute atomic E-state index is 0.377. The predicted octanol–water partition coefficient (Wildman–Crippen LogP) is 6.04. The Morgan fingerprint density at radius 3 is 2.18 bits per heavy atom. The number of carbonyl (C=O) groups is 1. The number of benzene rings is 2. The van der Waals surface area contributed by atoms with Crippen LogP contribution in [0.2, 0.25) is 0 Å². The normalized spacial score (nSPS) is 15.2. The van der Waals surface area contributed by atoms with Gasteiger partial charge in [0.1, 0.15) is 16.9 Å². The number of alkyl halides is 6. The van der Waals surface area contributed by atoms with E-state index < -0.39 is 45.5 Å². The van der Waals surface area contributed by atoms with E-state index >= 15 is 0 Å². The highest BCUT2D eigenvalue weighted by atomic mass is 35.5. The van der Waals surface area contributed by atoms with E-state index in [9.17, 15) is 28.3 Å². The Kier molecular flexibility index (Phi) is 8.22. The number of hydrogen-bond acceptors (Lipinski definition) is 4. The molecule has 0 bridgehead atoms. The Balaban J connectivity index is 2.39. The summed E-state index contributed by atoms with van der Waals surface area (Å²) >= 11 is 17.1. The third-order valence-electron chi connectivity index (χ3n) is 5.62. The van der Waals surface area contributed by atoms with E-state index in [-0.39, 0.29) is 0 Å². The summed E-state index contributed by atoms with van der Waals surface area (Å²) < 4.78 is 42.0. The number of carbonyl (C=O) groups excluding carboxylic acids is 1. The van der Waals surface area contributed by atoms with Crippen molar-refractivity contribution in [2.75, 3.05) is 0 Å². The molecule has 2 atom stereocenters. The smallest absolute Gasteiger partial charge is 0.421 e. The van der Waals surface area contributed by atoms with Gasteiger partial charge in [-0.2, -0.15) is 18.4 Å². The molecule has 0 aliphatic carbocycles. The highest BCUT2D eigenvalue weighted by Crippen LogP contribution is 2.52. The number of nitrogens with zero attached hydrogens (tertiary/aromatic N) is 1. The summed E-state index contributed by atoms with van der Waals surface area (Å²) in [5, 5.41) is 20.6. The van der Waals surface area contributed by atoms with Gasteiger partial charge in [0.05, 0.1) is 12.0 Å². The fraction of sp³-hybridized carbons (Fsp3) is 0.391. The van der Waals surface area contributed by atoms with Crippen LogP contribution in [0, 0.1) is 22.2 Å². The number of ether oxygens (including phenoxy) is 1. The molecule has 0 spiro atoms. The summed E-state index contributed by atoms with van der Waals surface area (Å²) in [5.74, 6) is -0.867. The molecule has 0 fully saturated rings. The summed E-state index contributed by atoms with van der Waals surface area (Å²) in [6.45, 7) is 2.54. The first-order valence-corrected chi connectivity index (χ1v) is 10.9. The Morgan fingerprint density at radius 1 is 1.09 bits per heavy atom. The number of para-hydroxylation sites is 1. The maximum Gasteiger partial charge on any atom is 0.421 e. The molecule has 0 radical (unpaired) electrons. The van der Waals surface area contributed by atoms with Crippen molar-refractivity contribution in [3.05, 3.63) is 60.2 Å². The molecule has 2 rings (SSSR count). The Morgan fingerprint density at radius 2 is 1.67 bits per heavy atom. The average molecular weight is 522 g/mol. The summed E-state index contributed by atoms with van der Waals surface area (Å²) in [7, 11) is 0. The Hall–Kier alpha value is -2.14. The molecule has 0 amide bonds. The fourth-order valence-electron chi connectivity index (χ4n) is 3.31. The van der Waals surface area contributed by atoms with Gasteiger partial charge in [0.15, 0.2) is 0 Å². The van der Waals surface area contributed by atoms with Gasteiger partial charge < -0.3 is 14.6 Å². The molecule has 0 aromatic heterocycles. The zero-order valence-electron chi connectivity index (χ0n) is 17.6. The summed E-state index contributed by atoms with van der Waals surface area (Å²) in [6.07, 6.45) is -6.46. The molecule has 2 aromatic carbocycles. The predicted molar refractivity (Wildman–Crippen MR) is 118 cm³/mol. The van der Waals surface area contributed by atoms with Crippen molar-refractivity contribution < 1.29 is 27.8 Å². The van der Waals surface area contributed by atoms with Gasteiger partial charge in [0.2, 0.25) is 4.33 Å². The van der Waals surface area contributed by atoms with E-state index in [1.54, 1.807) is 48.5 Å². The van der Waals surface area contributed by atoms with Crippen molar-refractivity contribution in [3.8, 4) is 17.6 Å². The molecule has 0 N–H and O–H groups in total. The first-order valence-electron chi connectivity index (χ1n) is 9.69. The standard InChI is InChI=1S/C23H21Cl3F3NO3/c1-20(2,18(24)13-22(25,26)23(27,28)29)21(14-30,19(31)32)12-15-7-6-10-17(11-15)33-16-8-4-3-5-9-16/h3-11,18H,12-13H2,1-2H3,(H,31,32)/p-1. The molecule has 178 valence electrons.